The molecule has 1 unspecified atom stereocenters. The Bertz CT molecular complexity index is 601. The van der Waals surface area contributed by atoms with E-state index >= 15 is 0 Å². The minimum atomic E-state index is -3.44. The number of hydrogen-bond donors (Lipinski definition) is 1. The van der Waals surface area contributed by atoms with Crippen LogP contribution in [0.4, 0.5) is 5.69 Å². The van der Waals surface area contributed by atoms with Crippen LogP contribution >= 0.6 is 15.9 Å². The van der Waals surface area contributed by atoms with E-state index in [0.717, 1.165) is 19.3 Å². The highest BCUT2D eigenvalue weighted by Crippen LogP contribution is 2.32. The van der Waals surface area contributed by atoms with E-state index in [4.69, 9.17) is 5.73 Å². The molecule has 0 aliphatic carbocycles. The van der Waals surface area contributed by atoms with Gasteiger partial charge in [-0.2, -0.15) is 4.31 Å². The molecule has 2 N–H and O–H groups in total. The Balaban J connectivity index is 2.32. The van der Waals surface area contributed by atoms with Gasteiger partial charge in [-0.15, -0.1) is 0 Å². The second-order valence-corrected chi connectivity index (χ2v) is 8.25. The molecule has 112 valence electrons. The van der Waals surface area contributed by atoms with E-state index < -0.39 is 10.0 Å². The molecule has 0 radical (unpaired) electrons. The van der Waals surface area contributed by atoms with Crippen LogP contribution < -0.4 is 5.73 Å². The standard InChI is InChI=1S/C14H21BrN2O2S/c1-3-4-11-5-6-17(9-11)20(18,19)14-8-12(15)7-13(16)10(14)2/h7-8,11H,3-6,9,16H2,1-2H3. The molecule has 1 aromatic rings. The fraction of sp³-hybridized carbons (Fsp3) is 0.571. The van der Waals surface area contributed by atoms with Crippen LogP contribution in [-0.2, 0) is 10.0 Å². The zero-order chi connectivity index (χ0) is 14.9. The van der Waals surface area contributed by atoms with E-state index in [1.165, 1.54) is 0 Å². The molecule has 0 amide bonds. The van der Waals surface area contributed by atoms with Crippen molar-refractivity contribution < 1.29 is 8.42 Å². The van der Waals surface area contributed by atoms with Crippen molar-refractivity contribution in [1.82, 2.24) is 4.31 Å². The van der Waals surface area contributed by atoms with Crippen LogP contribution in [-0.4, -0.2) is 25.8 Å². The minimum Gasteiger partial charge on any atom is -0.398 e. The molecule has 1 fully saturated rings. The maximum atomic E-state index is 12.8. The molecule has 1 heterocycles. The molecule has 2 rings (SSSR count). The summed E-state index contributed by atoms with van der Waals surface area (Å²) >= 11 is 3.32. The van der Waals surface area contributed by atoms with Crippen LogP contribution in [0.15, 0.2) is 21.5 Å². The Labute approximate surface area is 129 Å². The summed E-state index contributed by atoms with van der Waals surface area (Å²) in [5.74, 6) is 0.486. The highest BCUT2D eigenvalue weighted by molar-refractivity contribution is 9.10. The average Bonchev–Trinajstić information content (AvgIpc) is 2.83. The fourth-order valence-corrected chi connectivity index (χ4v) is 5.18. The Morgan fingerprint density at radius 2 is 2.15 bits per heavy atom. The zero-order valence-electron chi connectivity index (χ0n) is 11.9. The number of rotatable bonds is 4. The van der Waals surface area contributed by atoms with Crippen molar-refractivity contribution >= 4 is 31.6 Å². The predicted molar refractivity (Wildman–Crippen MR) is 85.1 cm³/mol. The van der Waals surface area contributed by atoms with E-state index in [-0.39, 0.29) is 0 Å². The fourth-order valence-electron chi connectivity index (χ4n) is 2.74. The van der Waals surface area contributed by atoms with E-state index in [0.29, 0.717) is 39.6 Å². The molecule has 0 saturated carbocycles. The lowest BCUT2D eigenvalue weighted by atomic mass is 10.0. The molecule has 0 bridgehead atoms. The van der Waals surface area contributed by atoms with Gasteiger partial charge in [-0.05, 0) is 43.4 Å². The highest BCUT2D eigenvalue weighted by atomic mass is 79.9. The van der Waals surface area contributed by atoms with Gasteiger partial charge in [0.1, 0.15) is 0 Å². The third kappa shape index (κ3) is 3.02. The van der Waals surface area contributed by atoms with Gasteiger partial charge in [0, 0.05) is 23.2 Å². The number of nitrogens with zero attached hydrogens (tertiary/aromatic N) is 1. The first kappa shape index (κ1) is 15.8. The second-order valence-electron chi connectivity index (χ2n) is 5.42. The van der Waals surface area contributed by atoms with Crippen LogP contribution in [0, 0.1) is 12.8 Å². The van der Waals surface area contributed by atoms with Gasteiger partial charge in [0.15, 0.2) is 0 Å². The minimum absolute atomic E-state index is 0.321. The van der Waals surface area contributed by atoms with E-state index in [2.05, 4.69) is 22.9 Å². The molecule has 1 aromatic carbocycles. The van der Waals surface area contributed by atoms with Gasteiger partial charge in [-0.1, -0.05) is 29.3 Å². The second kappa shape index (κ2) is 6.03. The largest absolute Gasteiger partial charge is 0.398 e. The lowest BCUT2D eigenvalue weighted by Gasteiger charge is -2.19. The van der Waals surface area contributed by atoms with Crippen LogP contribution in [0.2, 0.25) is 0 Å². The van der Waals surface area contributed by atoms with Crippen molar-refractivity contribution in [3.8, 4) is 0 Å². The maximum absolute atomic E-state index is 12.8. The number of benzene rings is 1. The van der Waals surface area contributed by atoms with Crippen molar-refractivity contribution in [1.29, 1.82) is 0 Å². The summed E-state index contributed by atoms with van der Waals surface area (Å²) in [6.07, 6.45) is 3.14. The molecule has 1 atom stereocenters. The summed E-state index contributed by atoms with van der Waals surface area (Å²) in [5.41, 5.74) is 7.01. The number of sulfonamides is 1. The number of nitrogen functional groups attached to an aromatic ring is 1. The Morgan fingerprint density at radius 1 is 1.45 bits per heavy atom. The van der Waals surface area contributed by atoms with Crippen molar-refractivity contribution in [2.24, 2.45) is 5.92 Å². The summed E-state index contributed by atoms with van der Waals surface area (Å²) in [5, 5.41) is 0. The third-order valence-electron chi connectivity index (χ3n) is 3.93. The van der Waals surface area contributed by atoms with E-state index in [9.17, 15) is 8.42 Å². The van der Waals surface area contributed by atoms with Crippen LogP contribution in [0.3, 0.4) is 0 Å². The number of anilines is 1. The molecule has 1 aliphatic heterocycles. The first-order valence-corrected chi connectivity index (χ1v) is 9.15. The van der Waals surface area contributed by atoms with Gasteiger partial charge in [0.05, 0.1) is 4.90 Å². The molecule has 1 saturated heterocycles. The van der Waals surface area contributed by atoms with Gasteiger partial charge in [0.2, 0.25) is 10.0 Å². The number of hydrogen-bond acceptors (Lipinski definition) is 3. The molecule has 0 aromatic heterocycles. The van der Waals surface area contributed by atoms with Crippen LogP contribution in [0.1, 0.15) is 31.7 Å². The zero-order valence-corrected chi connectivity index (χ0v) is 14.3. The van der Waals surface area contributed by atoms with Crippen molar-refractivity contribution in [3.63, 3.8) is 0 Å². The summed E-state index contributed by atoms with van der Waals surface area (Å²) in [6.45, 7) is 5.13. The molecular formula is C14H21BrN2O2S. The van der Waals surface area contributed by atoms with Gasteiger partial charge in [-0.25, -0.2) is 8.42 Å². The lowest BCUT2D eigenvalue weighted by molar-refractivity contribution is 0.444. The predicted octanol–water partition coefficient (Wildman–Crippen LogP) is 3.15. The molecule has 20 heavy (non-hydrogen) atoms. The number of halogens is 1. The Hall–Kier alpha value is -0.590. The SMILES string of the molecule is CCCC1CCN(S(=O)(=O)c2cc(Br)cc(N)c2C)C1. The normalized spacial score (nSPS) is 20.4. The van der Waals surface area contributed by atoms with Gasteiger partial charge < -0.3 is 5.73 Å². The molecule has 0 spiro atoms. The van der Waals surface area contributed by atoms with Gasteiger partial charge in [0.25, 0.3) is 0 Å². The van der Waals surface area contributed by atoms with Crippen molar-refractivity contribution in [2.45, 2.75) is 38.0 Å². The van der Waals surface area contributed by atoms with E-state index in [1.54, 1.807) is 23.4 Å². The third-order valence-corrected chi connectivity index (χ3v) is 6.38. The monoisotopic (exact) mass is 360 g/mol. The summed E-state index contributed by atoms with van der Waals surface area (Å²) in [6, 6.07) is 3.38. The highest BCUT2D eigenvalue weighted by Gasteiger charge is 2.33. The van der Waals surface area contributed by atoms with E-state index in [1.807, 2.05) is 0 Å². The van der Waals surface area contributed by atoms with Crippen LogP contribution in [0.25, 0.3) is 0 Å². The molecular weight excluding hydrogens is 340 g/mol. The molecule has 6 heteroatoms. The Kier molecular flexibility index (Phi) is 4.76. The molecule has 1 aliphatic rings. The molecule has 4 nitrogen and oxygen atoms in total. The summed E-state index contributed by atoms with van der Waals surface area (Å²) in [7, 11) is -3.44. The first-order valence-electron chi connectivity index (χ1n) is 6.92. The van der Waals surface area contributed by atoms with Gasteiger partial charge in [-0.3, -0.25) is 0 Å². The smallest absolute Gasteiger partial charge is 0.243 e. The Morgan fingerprint density at radius 3 is 2.80 bits per heavy atom. The van der Waals surface area contributed by atoms with Gasteiger partial charge >= 0.3 is 0 Å². The topological polar surface area (TPSA) is 63.4 Å². The first-order chi connectivity index (χ1) is 9.36. The summed E-state index contributed by atoms with van der Waals surface area (Å²) < 4.78 is 27.8. The lowest BCUT2D eigenvalue weighted by Crippen LogP contribution is -2.29. The van der Waals surface area contributed by atoms with Crippen LogP contribution in [0.5, 0.6) is 0 Å². The van der Waals surface area contributed by atoms with Crippen molar-refractivity contribution in [3.05, 3.63) is 22.2 Å². The summed E-state index contributed by atoms with van der Waals surface area (Å²) in [4.78, 5) is 0.321. The quantitative estimate of drug-likeness (QED) is 0.838. The number of nitrogens with two attached hydrogens (primary N) is 1. The maximum Gasteiger partial charge on any atom is 0.243 e. The van der Waals surface area contributed by atoms with Crippen molar-refractivity contribution in [2.75, 3.05) is 18.8 Å². The average molecular weight is 361 g/mol.